The number of carbonyl (C=O) groups excluding carboxylic acids is 4. The first kappa shape index (κ1) is 32.0. The van der Waals surface area contributed by atoms with Gasteiger partial charge in [0, 0.05) is 13.8 Å². The zero-order chi connectivity index (χ0) is 31.3. The summed E-state index contributed by atoms with van der Waals surface area (Å²) in [7, 11) is 0. The summed E-state index contributed by atoms with van der Waals surface area (Å²) in [6.07, 6.45) is -13.9. The highest BCUT2D eigenvalue weighted by Crippen LogP contribution is 2.33. The molecule has 4 rings (SSSR count). The van der Waals surface area contributed by atoms with Gasteiger partial charge in [0.25, 0.3) is 0 Å². The molecule has 2 fully saturated rings. The van der Waals surface area contributed by atoms with E-state index in [0.717, 1.165) is 13.8 Å². The maximum Gasteiger partial charge on any atom is 0.338 e. The maximum absolute atomic E-state index is 13.1. The predicted octanol–water partition coefficient (Wildman–Crippen LogP) is 1.53. The van der Waals surface area contributed by atoms with Crippen molar-refractivity contribution >= 4 is 23.9 Å². The number of aliphatic hydroxyl groups excluding tert-OH is 2. The number of aliphatic hydroxyl groups is 2. The molecule has 0 aliphatic carbocycles. The first-order valence-electron chi connectivity index (χ1n) is 13.6. The van der Waals surface area contributed by atoms with Crippen molar-refractivity contribution in [2.75, 3.05) is 0 Å². The maximum atomic E-state index is 13.1. The second-order valence-electron chi connectivity index (χ2n) is 10.2. The van der Waals surface area contributed by atoms with E-state index in [9.17, 15) is 29.4 Å². The lowest BCUT2D eigenvalue weighted by atomic mass is 9.96. The quantitative estimate of drug-likeness (QED) is 0.329. The monoisotopic (exact) mass is 602 g/mol. The molecule has 2 N–H and O–H groups in total. The second kappa shape index (κ2) is 14.1. The number of hydrogen-bond donors (Lipinski definition) is 2. The van der Waals surface area contributed by atoms with Gasteiger partial charge < -0.3 is 43.4 Å². The summed E-state index contributed by atoms with van der Waals surface area (Å²) in [4.78, 5) is 49.8. The third-order valence-corrected chi connectivity index (χ3v) is 6.90. The second-order valence-corrected chi connectivity index (χ2v) is 10.2. The molecule has 2 aliphatic heterocycles. The van der Waals surface area contributed by atoms with Crippen molar-refractivity contribution in [2.45, 2.75) is 89.1 Å². The van der Waals surface area contributed by atoms with E-state index in [1.54, 1.807) is 36.4 Å². The first-order valence-corrected chi connectivity index (χ1v) is 13.6. The van der Waals surface area contributed by atoms with E-state index in [0.29, 0.717) is 0 Å². The van der Waals surface area contributed by atoms with E-state index < -0.39 is 85.3 Å². The largest absolute Gasteiger partial charge is 0.457 e. The normalized spacial score (nSPS) is 32.2. The van der Waals surface area contributed by atoms with E-state index in [1.807, 2.05) is 0 Å². The molecule has 232 valence electrons. The van der Waals surface area contributed by atoms with E-state index in [2.05, 4.69) is 0 Å². The minimum absolute atomic E-state index is 0.149. The van der Waals surface area contributed by atoms with Gasteiger partial charge in [0.15, 0.2) is 37.0 Å². The summed E-state index contributed by atoms with van der Waals surface area (Å²) < 4.78 is 39.4. The lowest BCUT2D eigenvalue weighted by Crippen LogP contribution is -2.65. The molecule has 2 aliphatic rings. The summed E-state index contributed by atoms with van der Waals surface area (Å²) in [6, 6.07) is 16.0. The minimum Gasteiger partial charge on any atom is -0.457 e. The van der Waals surface area contributed by atoms with E-state index in [1.165, 1.54) is 38.1 Å². The summed E-state index contributed by atoms with van der Waals surface area (Å²) in [5.74, 6) is -3.11. The molecule has 0 bridgehead atoms. The van der Waals surface area contributed by atoms with Crippen LogP contribution in [-0.4, -0.2) is 95.5 Å². The van der Waals surface area contributed by atoms with Gasteiger partial charge in [-0.15, -0.1) is 0 Å². The Kier molecular flexibility index (Phi) is 10.5. The van der Waals surface area contributed by atoms with Gasteiger partial charge in [-0.1, -0.05) is 36.4 Å². The van der Waals surface area contributed by atoms with E-state index >= 15 is 0 Å². The summed E-state index contributed by atoms with van der Waals surface area (Å²) in [6.45, 7) is 5.26. The van der Waals surface area contributed by atoms with Crippen molar-refractivity contribution in [1.82, 2.24) is 0 Å². The highest BCUT2D eigenvalue weighted by Gasteiger charge is 2.54. The van der Waals surface area contributed by atoms with Gasteiger partial charge >= 0.3 is 23.9 Å². The highest BCUT2D eigenvalue weighted by atomic mass is 16.7. The lowest BCUT2D eigenvalue weighted by molar-refractivity contribution is -0.349. The third-order valence-electron chi connectivity index (χ3n) is 6.90. The van der Waals surface area contributed by atoms with Crippen LogP contribution in [0.1, 0.15) is 48.4 Å². The van der Waals surface area contributed by atoms with E-state index in [4.69, 9.17) is 33.2 Å². The molecule has 13 nitrogen and oxygen atoms in total. The summed E-state index contributed by atoms with van der Waals surface area (Å²) in [5, 5.41) is 22.1. The molecule has 0 saturated carbocycles. The number of benzene rings is 2. The Bertz CT molecular complexity index is 1240. The number of ether oxygens (including phenoxy) is 7. The SMILES string of the molecule is CC(=O)O[C@@H]1[C@@H](O[C@@H]2O[C@@H](C)[C@H](OC(=O)c3ccccc3)[C@@H](O)[C@H]2OC(=O)c2ccccc2)[C@@H](OC(C)=O)[C@H](O)O[C@H]1C. The molecule has 2 aromatic carbocycles. The van der Waals surface area contributed by atoms with Crippen LogP contribution in [0.3, 0.4) is 0 Å². The van der Waals surface area contributed by atoms with Crippen molar-refractivity contribution in [3.8, 4) is 0 Å². The van der Waals surface area contributed by atoms with Crippen LogP contribution in [0.4, 0.5) is 0 Å². The van der Waals surface area contributed by atoms with Gasteiger partial charge in [0.2, 0.25) is 0 Å². The number of esters is 4. The van der Waals surface area contributed by atoms with Crippen molar-refractivity contribution in [3.05, 3.63) is 71.8 Å². The average Bonchev–Trinajstić information content (AvgIpc) is 2.97. The van der Waals surface area contributed by atoms with Crippen LogP contribution in [0, 0.1) is 0 Å². The topological polar surface area (TPSA) is 173 Å². The Labute approximate surface area is 247 Å². The summed E-state index contributed by atoms with van der Waals surface area (Å²) >= 11 is 0. The highest BCUT2D eigenvalue weighted by molar-refractivity contribution is 5.90. The van der Waals surface area contributed by atoms with Crippen LogP contribution >= 0.6 is 0 Å². The Balaban J connectivity index is 1.66. The molecule has 0 unspecified atom stereocenters. The van der Waals surface area contributed by atoms with Gasteiger partial charge in [-0.2, -0.15) is 0 Å². The van der Waals surface area contributed by atoms with Crippen LogP contribution < -0.4 is 0 Å². The molecule has 43 heavy (non-hydrogen) atoms. The Hall–Kier alpha value is -3.88. The molecule has 2 aromatic rings. The van der Waals surface area contributed by atoms with Crippen LogP contribution in [0.2, 0.25) is 0 Å². The predicted molar refractivity (Wildman–Crippen MR) is 144 cm³/mol. The zero-order valence-electron chi connectivity index (χ0n) is 23.9. The van der Waals surface area contributed by atoms with Crippen LogP contribution in [0.15, 0.2) is 60.7 Å². The van der Waals surface area contributed by atoms with Gasteiger partial charge in [0.05, 0.1) is 23.3 Å². The Morgan fingerprint density at radius 2 is 1.07 bits per heavy atom. The van der Waals surface area contributed by atoms with Crippen LogP contribution in [0.5, 0.6) is 0 Å². The van der Waals surface area contributed by atoms with Crippen LogP contribution in [-0.2, 0) is 42.7 Å². The standard InChI is InChI=1S/C30H34O13/c1-15-22(41-27(34)19-11-7-5-8-12-19)21(33)24(42-28(35)20-13-9-6-10-14-20)30(38-15)43-25-23(39-17(3)31)16(2)37-29(36)26(25)40-18(4)32/h5-16,21-26,29-30,33,36H,1-4H3/t15-,16-,21+,22-,23-,24+,25+,26+,29+,30-/m0/s1. The van der Waals surface area contributed by atoms with Crippen molar-refractivity contribution in [3.63, 3.8) is 0 Å². The minimum atomic E-state index is -1.69. The molecule has 2 heterocycles. The van der Waals surface area contributed by atoms with E-state index in [-0.39, 0.29) is 11.1 Å². The van der Waals surface area contributed by atoms with Gasteiger partial charge in [-0.3, -0.25) is 9.59 Å². The Morgan fingerprint density at radius 1 is 0.605 bits per heavy atom. The van der Waals surface area contributed by atoms with Gasteiger partial charge in [0.1, 0.15) is 12.2 Å². The third kappa shape index (κ3) is 7.75. The average molecular weight is 603 g/mol. The molecule has 0 aromatic heterocycles. The van der Waals surface area contributed by atoms with Crippen LogP contribution in [0.25, 0.3) is 0 Å². The molecular weight excluding hydrogens is 568 g/mol. The Morgan fingerprint density at radius 3 is 1.58 bits per heavy atom. The molecule has 0 amide bonds. The van der Waals surface area contributed by atoms with Gasteiger partial charge in [-0.05, 0) is 38.1 Å². The zero-order valence-corrected chi connectivity index (χ0v) is 23.9. The molecule has 2 saturated heterocycles. The summed E-state index contributed by atoms with van der Waals surface area (Å²) in [5.41, 5.74) is 0.368. The fourth-order valence-electron chi connectivity index (χ4n) is 4.90. The smallest absolute Gasteiger partial charge is 0.338 e. The lowest BCUT2D eigenvalue weighted by Gasteiger charge is -2.47. The number of hydrogen-bond acceptors (Lipinski definition) is 13. The first-order chi connectivity index (χ1) is 20.5. The molecule has 13 heteroatoms. The number of carbonyl (C=O) groups is 4. The molecule has 0 radical (unpaired) electrons. The van der Waals surface area contributed by atoms with Crippen molar-refractivity contribution < 1.29 is 62.5 Å². The number of rotatable bonds is 8. The molecular formula is C30H34O13. The van der Waals surface area contributed by atoms with Crippen molar-refractivity contribution in [2.24, 2.45) is 0 Å². The fraction of sp³-hybridized carbons (Fsp3) is 0.467. The van der Waals surface area contributed by atoms with Crippen molar-refractivity contribution in [1.29, 1.82) is 0 Å². The fourth-order valence-corrected chi connectivity index (χ4v) is 4.90. The molecule has 10 atom stereocenters. The molecule has 0 spiro atoms. The van der Waals surface area contributed by atoms with Gasteiger partial charge in [-0.25, -0.2) is 9.59 Å².